The molecule has 2 rings (SSSR count). The summed E-state index contributed by atoms with van der Waals surface area (Å²) >= 11 is 0. The molecule has 2 fully saturated rings. The van der Waals surface area contributed by atoms with Crippen LogP contribution in [-0.4, -0.2) is 43.3 Å². The smallest absolute Gasteiger partial charge is 0.223 e. The number of carbonyl (C=O) groups excluding carboxylic acids is 1. The molecule has 0 saturated carbocycles. The van der Waals surface area contributed by atoms with Gasteiger partial charge in [-0.2, -0.15) is 0 Å². The molecule has 2 aliphatic heterocycles. The van der Waals surface area contributed by atoms with Gasteiger partial charge in [-0.15, -0.1) is 0 Å². The predicted molar refractivity (Wildman–Crippen MR) is 52.8 cm³/mol. The summed E-state index contributed by atoms with van der Waals surface area (Å²) in [6.07, 6.45) is 4.32. The van der Waals surface area contributed by atoms with E-state index in [0.717, 1.165) is 13.1 Å². The van der Waals surface area contributed by atoms with Crippen molar-refractivity contribution in [3.63, 3.8) is 0 Å². The topological polar surface area (TPSA) is 41.6 Å². The number of nitrogens with one attached hydrogen (secondary N) is 1. The maximum atomic E-state index is 11.2. The van der Waals surface area contributed by atoms with Gasteiger partial charge in [-0.25, -0.2) is 0 Å². The molecule has 0 aromatic carbocycles. The van der Waals surface area contributed by atoms with E-state index in [1.54, 1.807) is 7.11 Å². The van der Waals surface area contributed by atoms with E-state index >= 15 is 0 Å². The van der Waals surface area contributed by atoms with Gasteiger partial charge in [0.05, 0.1) is 6.04 Å². The molecule has 2 aliphatic rings. The van der Waals surface area contributed by atoms with Crippen LogP contribution in [0.15, 0.2) is 0 Å². The van der Waals surface area contributed by atoms with Crippen LogP contribution in [-0.2, 0) is 9.53 Å². The van der Waals surface area contributed by atoms with Crippen LogP contribution >= 0.6 is 0 Å². The van der Waals surface area contributed by atoms with Crippen LogP contribution in [0.2, 0.25) is 0 Å². The van der Waals surface area contributed by atoms with E-state index in [2.05, 4.69) is 10.2 Å². The van der Waals surface area contributed by atoms with Gasteiger partial charge in [0, 0.05) is 13.5 Å². The number of methoxy groups -OCH3 is 1. The van der Waals surface area contributed by atoms with E-state index in [4.69, 9.17) is 4.74 Å². The minimum atomic E-state index is -0.0967. The molecule has 0 aromatic rings. The fourth-order valence-electron chi connectivity index (χ4n) is 2.40. The van der Waals surface area contributed by atoms with Crippen LogP contribution in [0, 0.1) is 0 Å². The molecule has 1 amide bonds. The number of piperidine rings is 1. The molecule has 14 heavy (non-hydrogen) atoms. The lowest BCUT2D eigenvalue weighted by Gasteiger charge is -2.33. The Balaban J connectivity index is 1.97. The molecule has 4 nitrogen and oxygen atoms in total. The van der Waals surface area contributed by atoms with Gasteiger partial charge in [-0.05, 0) is 25.9 Å². The van der Waals surface area contributed by atoms with Gasteiger partial charge in [0.15, 0.2) is 0 Å². The van der Waals surface area contributed by atoms with Crippen molar-refractivity contribution in [1.29, 1.82) is 0 Å². The summed E-state index contributed by atoms with van der Waals surface area (Å²) < 4.78 is 5.27. The van der Waals surface area contributed by atoms with Crippen molar-refractivity contribution >= 4 is 5.91 Å². The normalized spacial score (nSPS) is 34.5. The molecule has 2 heterocycles. The number of nitrogens with zero attached hydrogens (tertiary/aromatic N) is 1. The third kappa shape index (κ3) is 1.91. The fraction of sp³-hybridized carbons (Fsp3) is 0.900. The third-order valence-corrected chi connectivity index (χ3v) is 3.16. The molecule has 1 N–H and O–H groups in total. The maximum absolute atomic E-state index is 11.2. The molecular weight excluding hydrogens is 180 g/mol. The van der Waals surface area contributed by atoms with Crippen molar-refractivity contribution < 1.29 is 9.53 Å². The Morgan fingerprint density at radius 3 is 2.71 bits per heavy atom. The highest BCUT2D eigenvalue weighted by molar-refractivity contribution is 5.79. The number of carbonyl (C=O) groups is 1. The van der Waals surface area contributed by atoms with Gasteiger partial charge in [-0.1, -0.05) is 6.42 Å². The number of ether oxygens (including phenoxy) is 1. The Morgan fingerprint density at radius 2 is 2.07 bits per heavy atom. The number of hydrogen-bond donors (Lipinski definition) is 1. The van der Waals surface area contributed by atoms with E-state index in [1.807, 2.05) is 0 Å². The second kappa shape index (κ2) is 4.28. The summed E-state index contributed by atoms with van der Waals surface area (Å²) in [5, 5.41) is 2.85. The zero-order valence-electron chi connectivity index (χ0n) is 8.66. The third-order valence-electron chi connectivity index (χ3n) is 3.16. The molecule has 0 radical (unpaired) electrons. The lowest BCUT2D eigenvalue weighted by atomic mass is 10.1. The van der Waals surface area contributed by atoms with Crippen LogP contribution in [0.3, 0.4) is 0 Å². The van der Waals surface area contributed by atoms with Gasteiger partial charge in [0.1, 0.15) is 6.23 Å². The molecular formula is C10H18N2O2. The van der Waals surface area contributed by atoms with Crippen LogP contribution in [0.5, 0.6) is 0 Å². The monoisotopic (exact) mass is 198 g/mol. The Kier molecular flexibility index (Phi) is 3.03. The molecule has 0 spiro atoms. The van der Waals surface area contributed by atoms with Gasteiger partial charge in [0.2, 0.25) is 5.91 Å². The van der Waals surface area contributed by atoms with Crippen molar-refractivity contribution in [2.75, 3.05) is 20.2 Å². The Labute approximate surface area is 84.6 Å². The van der Waals surface area contributed by atoms with E-state index in [0.29, 0.717) is 6.42 Å². The maximum Gasteiger partial charge on any atom is 0.223 e. The first-order chi connectivity index (χ1) is 6.81. The first-order valence-electron chi connectivity index (χ1n) is 5.37. The first kappa shape index (κ1) is 9.93. The zero-order valence-corrected chi connectivity index (χ0v) is 8.66. The quantitative estimate of drug-likeness (QED) is 0.695. The van der Waals surface area contributed by atoms with Crippen molar-refractivity contribution in [2.45, 2.75) is 38.0 Å². The SMILES string of the molecule is CO[C@H]1NC(=O)C[C@@H]1N1CCCCC1. The summed E-state index contributed by atoms with van der Waals surface area (Å²) in [6, 6.07) is 0.257. The average Bonchev–Trinajstić information content (AvgIpc) is 2.61. The first-order valence-corrected chi connectivity index (χ1v) is 5.37. The molecule has 2 atom stereocenters. The van der Waals surface area contributed by atoms with Gasteiger partial charge in [0.25, 0.3) is 0 Å². The Hall–Kier alpha value is -0.610. The van der Waals surface area contributed by atoms with Gasteiger partial charge >= 0.3 is 0 Å². The number of hydrogen-bond acceptors (Lipinski definition) is 3. The average molecular weight is 198 g/mol. The van der Waals surface area contributed by atoms with Crippen LogP contribution in [0.1, 0.15) is 25.7 Å². The van der Waals surface area contributed by atoms with Crippen LogP contribution < -0.4 is 5.32 Å². The van der Waals surface area contributed by atoms with Crippen LogP contribution in [0.25, 0.3) is 0 Å². The lowest BCUT2D eigenvalue weighted by molar-refractivity contribution is -0.120. The number of amides is 1. The summed E-state index contributed by atoms with van der Waals surface area (Å²) in [6.45, 7) is 2.22. The predicted octanol–water partition coefficient (Wildman–Crippen LogP) is 0.333. The summed E-state index contributed by atoms with van der Waals surface area (Å²) in [5.74, 6) is 0.118. The number of likely N-dealkylation sites (tertiary alicyclic amines) is 1. The highest BCUT2D eigenvalue weighted by Gasteiger charge is 2.36. The molecule has 0 aliphatic carbocycles. The van der Waals surface area contributed by atoms with E-state index in [9.17, 15) is 4.79 Å². The van der Waals surface area contributed by atoms with Gasteiger partial charge in [-0.3, -0.25) is 9.69 Å². The van der Waals surface area contributed by atoms with E-state index < -0.39 is 0 Å². The van der Waals surface area contributed by atoms with Crippen molar-refractivity contribution in [1.82, 2.24) is 10.2 Å². The van der Waals surface area contributed by atoms with E-state index in [1.165, 1.54) is 19.3 Å². The Bertz CT molecular complexity index is 214. The Morgan fingerprint density at radius 1 is 1.36 bits per heavy atom. The largest absolute Gasteiger partial charge is 0.360 e. The molecule has 4 heteroatoms. The van der Waals surface area contributed by atoms with Crippen LogP contribution in [0.4, 0.5) is 0 Å². The molecule has 0 bridgehead atoms. The molecule has 0 unspecified atom stereocenters. The zero-order chi connectivity index (χ0) is 9.97. The van der Waals surface area contributed by atoms with E-state index in [-0.39, 0.29) is 18.2 Å². The second-order valence-electron chi connectivity index (χ2n) is 4.09. The lowest BCUT2D eigenvalue weighted by Crippen LogP contribution is -2.46. The minimum Gasteiger partial charge on any atom is -0.360 e. The highest BCUT2D eigenvalue weighted by atomic mass is 16.5. The second-order valence-corrected chi connectivity index (χ2v) is 4.09. The minimum absolute atomic E-state index is 0.0967. The van der Waals surface area contributed by atoms with Crippen molar-refractivity contribution in [3.8, 4) is 0 Å². The summed E-state index contributed by atoms with van der Waals surface area (Å²) in [7, 11) is 1.66. The number of rotatable bonds is 2. The van der Waals surface area contributed by atoms with Crippen molar-refractivity contribution in [3.05, 3.63) is 0 Å². The summed E-state index contributed by atoms with van der Waals surface area (Å²) in [4.78, 5) is 13.6. The molecule has 2 saturated heterocycles. The fourth-order valence-corrected chi connectivity index (χ4v) is 2.40. The summed E-state index contributed by atoms with van der Waals surface area (Å²) in [5.41, 5.74) is 0. The van der Waals surface area contributed by atoms with Gasteiger partial charge < -0.3 is 10.1 Å². The standard InChI is InChI=1S/C10H18N2O2/c1-14-10-8(7-9(13)11-10)12-5-3-2-4-6-12/h8,10H,2-7H2,1H3,(H,11,13)/t8-,10+/m0/s1. The molecule has 0 aromatic heterocycles. The molecule has 80 valence electrons. The van der Waals surface area contributed by atoms with Crippen molar-refractivity contribution in [2.24, 2.45) is 0 Å². The highest BCUT2D eigenvalue weighted by Crippen LogP contribution is 2.20.